The Morgan fingerprint density at radius 3 is 2.42 bits per heavy atom. The molecule has 0 aliphatic carbocycles. The lowest BCUT2D eigenvalue weighted by Crippen LogP contribution is -2.32. The number of nitriles is 2. The van der Waals surface area contributed by atoms with E-state index in [1.54, 1.807) is 12.1 Å². The highest BCUT2D eigenvalue weighted by molar-refractivity contribution is 7.89. The van der Waals surface area contributed by atoms with Gasteiger partial charge in [0.1, 0.15) is 18.0 Å². The quantitative estimate of drug-likeness (QED) is 0.445. The predicted octanol–water partition coefficient (Wildman–Crippen LogP) is 0.0585. The van der Waals surface area contributed by atoms with E-state index in [1.807, 2.05) is 0 Å². The topological polar surface area (TPSA) is 136 Å². The molecule has 0 amide bonds. The zero-order valence-corrected chi connectivity index (χ0v) is 11.1. The molecule has 1 aromatic heterocycles. The van der Waals surface area contributed by atoms with Crippen LogP contribution in [0.25, 0.3) is 0 Å². The molecule has 0 aromatic carbocycles. The minimum Gasteiger partial charge on any atom is -0.307 e. The van der Waals surface area contributed by atoms with Gasteiger partial charge in [-0.25, -0.2) is 19.2 Å². The van der Waals surface area contributed by atoms with E-state index in [9.17, 15) is 8.42 Å². The van der Waals surface area contributed by atoms with E-state index in [2.05, 4.69) is 10.4 Å². The highest BCUT2D eigenvalue weighted by Gasteiger charge is 2.25. The van der Waals surface area contributed by atoms with E-state index < -0.39 is 23.1 Å². The number of nitrogen functional groups attached to an aromatic ring is 1. The van der Waals surface area contributed by atoms with Gasteiger partial charge in [-0.2, -0.15) is 14.8 Å². The predicted molar refractivity (Wildman–Crippen MR) is 67.0 cm³/mol. The van der Waals surface area contributed by atoms with Gasteiger partial charge in [-0.1, -0.05) is 11.6 Å². The van der Waals surface area contributed by atoms with E-state index in [-0.39, 0.29) is 15.7 Å². The third-order valence-electron chi connectivity index (χ3n) is 2.08. The Kier molecular flexibility index (Phi) is 5.03. The smallest absolute Gasteiger partial charge is 0.246 e. The minimum absolute atomic E-state index is 0.0115. The average Bonchev–Trinajstić information content (AvgIpc) is 2.38. The maximum Gasteiger partial charge on any atom is 0.246 e. The molecule has 0 saturated carbocycles. The normalized spacial score (nSPS) is 10.8. The number of sulfonamides is 1. The number of hydrogen-bond acceptors (Lipinski definition) is 7. The fourth-order valence-corrected chi connectivity index (χ4v) is 2.69. The number of nitrogens with zero attached hydrogens (tertiary/aromatic N) is 4. The summed E-state index contributed by atoms with van der Waals surface area (Å²) in [4.78, 5) is 3.51. The maximum absolute atomic E-state index is 12.1. The van der Waals surface area contributed by atoms with Gasteiger partial charge in [-0.05, 0) is 6.07 Å². The second kappa shape index (κ2) is 6.31. The van der Waals surface area contributed by atoms with Crippen molar-refractivity contribution < 1.29 is 8.42 Å². The molecule has 1 aromatic rings. The van der Waals surface area contributed by atoms with E-state index in [4.69, 9.17) is 28.0 Å². The minimum atomic E-state index is -4.00. The van der Waals surface area contributed by atoms with Crippen molar-refractivity contribution in [3.8, 4) is 12.1 Å². The van der Waals surface area contributed by atoms with Crippen molar-refractivity contribution in [2.45, 2.75) is 4.90 Å². The largest absolute Gasteiger partial charge is 0.307 e. The van der Waals surface area contributed by atoms with Crippen LogP contribution in [0.1, 0.15) is 0 Å². The van der Waals surface area contributed by atoms with Gasteiger partial charge >= 0.3 is 0 Å². The molecule has 0 aliphatic heterocycles. The van der Waals surface area contributed by atoms with Gasteiger partial charge in [0, 0.05) is 6.20 Å². The van der Waals surface area contributed by atoms with E-state index >= 15 is 0 Å². The number of hydrogen-bond donors (Lipinski definition) is 2. The molecule has 10 heteroatoms. The Balaban J connectivity index is 3.23. The summed E-state index contributed by atoms with van der Waals surface area (Å²) < 4.78 is 25.0. The molecule has 0 bridgehead atoms. The van der Waals surface area contributed by atoms with Gasteiger partial charge in [0.15, 0.2) is 5.82 Å². The van der Waals surface area contributed by atoms with Crippen molar-refractivity contribution in [2.24, 2.45) is 5.84 Å². The molecule has 3 N–H and O–H groups in total. The van der Waals surface area contributed by atoms with E-state index in [0.717, 1.165) is 16.6 Å². The molecule has 0 fully saturated rings. The van der Waals surface area contributed by atoms with Crippen molar-refractivity contribution in [3.05, 3.63) is 17.3 Å². The van der Waals surface area contributed by atoms with Gasteiger partial charge in [-0.15, -0.1) is 0 Å². The Labute approximate surface area is 115 Å². The molecular formula is C9H9ClN6O2S. The van der Waals surface area contributed by atoms with Crippen LogP contribution in [-0.4, -0.2) is 30.8 Å². The lowest BCUT2D eigenvalue weighted by molar-refractivity contribution is 0.479. The Bertz CT molecular complexity index is 632. The third kappa shape index (κ3) is 3.30. The van der Waals surface area contributed by atoms with Crippen LogP contribution in [0, 0.1) is 22.7 Å². The van der Waals surface area contributed by atoms with Crippen LogP contribution in [0.4, 0.5) is 5.82 Å². The molecule has 0 aliphatic rings. The number of rotatable bonds is 5. The summed E-state index contributed by atoms with van der Waals surface area (Å²) in [5.41, 5.74) is 2.20. The fourth-order valence-electron chi connectivity index (χ4n) is 1.20. The van der Waals surface area contributed by atoms with E-state index in [0.29, 0.717) is 0 Å². The van der Waals surface area contributed by atoms with Crippen molar-refractivity contribution in [1.82, 2.24) is 9.29 Å². The monoisotopic (exact) mass is 300 g/mol. The average molecular weight is 301 g/mol. The van der Waals surface area contributed by atoms with Crippen LogP contribution in [0.3, 0.4) is 0 Å². The SMILES string of the molecule is N#CCN(CC#N)S(=O)(=O)c1cnc(NN)c(Cl)c1. The molecule has 0 unspecified atom stereocenters. The Hall–Kier alpha value is -1.91. The van der Waals surface area contributed by atoms with Crippen LogP contribution in [0.2, 0.25) is 5.02 Å². The van der Waals surface area contributed by atoms with Crippen molar-refractivity contribution in [3.63, 3.8) is 0 Å². The summed E-state index contributed by atoms with van der Waals surface area (Å²) >= 11 is 5.78. The van der Waals surface area contributed by atoms with Gasteiger partial charge in [0.25, 0.3) is 0 Å². The molecule has 100 valence electrons. The molecule has 0 atom stereocenters. The van der Waals surface area contributed by atoms with Crippen molar-refractivity contribution >= 4 is 27.4 Å². The second-order valence-electron chi connectivity index (χ2n) is 3.24. The Morgan fingerprint density at radius 2 is 2.00 bits per heavy atom. The molecule has 1 heterocycles. The molecule has 0 saturated heterocycles. The summed E-state index contributed by atoms with van der Waals surface area (Å²) in [5, 5.41) is 17.2. The van der Waals surface area contributed by atoms with Gasteiger partial charge in [-0.3, -0.25) is 0 Å². The highest BCUT2D eigenvalue weighted by Crippen LogP contribution is 2.23. The summed E-state index contributed by atoms with van der Waals surface area (Å²) in [6.07, 6.45) is 1.04. The van der Waals surface area contributed by atoms with Crippen LogP contribution in [0.15, 0.2) is 17.2 Å². The number of aromatic nitrogens is 1. The lowest BCUT2D eigenvalue weighted by atomic mass is 10.5. The number of halogens is 1. The number of nitrogens with one attached hydrogen (secondary N) is 1. The van der Waals surface area contributed by atoms with Crippen LogP contribution < -0.4 is 11.3 Å². The molecule has 0 radical (unpaired) electrons. The first-order valence-corrected chi connectivity index (χ1v) is 6.65. The van der Waals surface area contributed by atoms with Crippen molar-refractivity contribution in [1.29, 1.82) is 10.5 Å². The van der Waals surface area contributed by atoms with Crippen LogP contribution >= 0.6 is 11.6 Å². The van der Waals surface area contributed by atoms with Gasteiger partial charge in [0.2, 0.25) is 10.0 Å². The first-order valence-electron chi connectivity index (χ1n) is 4.83. The molecular weight excluding hydrogens is 292 g/mol. The summed E-state index contributed by atoms with van der Waals surface area (Å²) in [7, 11) is -4.00. The first kappa shape index (κ1) is 15.1. The lowest BCUT2D eigenvalue weighted by Gasteiger charge is -2.16. The van der Waals surface area contributed by atoms with Crippen LogP contribution in [0.5, 0.6) is 0 Å². The fraction of sp³-hybridized carbons (Fsp3) is 0.222. The number of anilines is 1. The number of nitrogens with two attached hydrogens (primary N) is 1. The van der Waals surface area contributed by atoms with Gasteiger partial charge < -0.3 is 5.43 Å². The summed E-state index contributed by atoms with van der Waals surface area (Å²) in [6, 6.07) is 4.49. The maximum atomic E-state index is 12.1. The third-order valence-corrected chi connectivity index (χ3v) is 4.13. The highest BCUT2D eigenvalue weighted by atomic mass is 35.5. The van der Waals surface area contributed by atoms with Gasteiger partial charge in [0.05, 0.1) is 17.2 Å². The summed E-state index contributed by atoms with van der Waals surface area (Å²) in [5.74, 6) is 5.24. The first-order chi connectivity index (χ1) is 8.97. The zero-order chi connectivity index (χ0) is 14.5. The molecule has 19 heavy (non-hydrogen) atoms. The second-order valence-corrected chi connectivity index (χ2v) is 5.58. The standard InChI is InChI=1S/C9H9ClN6O2S/c10-8-5-7(6-14-9(8)15-13)19(17,18)16(3-1-11)4-2-12/h5-6H,3-4,13H2,(H,14,15). The molecule has 1 rings (SSSR count). The van der Waals surface area contributed by atoms with E-state index in [1.165, 1.54) is 0 Å². The number of pyridine rings is 1. The summed E-state index contributed by atoms with van der Waals surface area (Å²) in [6.45, 7) is -0.880. The molecule has 0 spiro atoms. The zero-order valence-electron chi connectivity index (χ0n) is 9.54. The molecule has 8 nitrogen and oxygen atoms in total. The number of hydrazine groups is 1. The Morgan fingerprint density at radius 1 is 1.42 bits per heavy atom. The van der Waals surface area contributed by atoms with Crippen molar-refractivity contribution in [2.75, 3.05) is 18.5 Å². The van der Waals surface area contributed by atoms with Crippen LogP contribution in [-0.2, 0) is 10.0 Å².